The number of phosphoric ester groups is 1. The summed E-state index contributed by atoms with van der Waals surface area (Å²) in [5.74, 6) is -9.33. The zero-order valence-corrected chi connectivity index (χ0v) is 45.4. The molecule has 478 valence electrons. The van der Waals surface area contributed by atoms with E-state index in [0.29, 0.717) is 0 Å². The number of nitrogens with two attached hydrogens (primary N) is 2. The first-order valence-electron chi connectivity index (χ1n) is 25.3. The van der Waals surface area contributed by atoms with Crippen molar-refractivity contribution in [2.24, 2.45) is 11.5 Å². The summed E-state index contributed by atoms with van der Waals surface area (Å²) in [5, 5.41) is 156. The molecule has 26 atom stereocenters. The Balaban J connectivity index is 1.37. The summed E-state index contributed by atoms with van der Waals surface area (Å²) in [6.07, 6.45) is -48.6. The largest absolute Gasteiger partial charge is 0.510 e. The molecule has 0 radical (unpaired) electrons. The first-order chi connectivity index (χ1) is 39.1. The number of hydrogen-bond acceptors (Lipinski definition) is 32. The zero-order chi connectivity index (χ0) is 62.8. The van der Waals surface area contributed by atoms with Gasteiger partial charge in [-0.1, -0.05) is 0 Å². The highest BCUT2D eigenvalue weighted by molar-refractivity contribution is 7.47. The molecule has 0 aromatic carbocycles. The van der Waals surface area contributed by atoms with Crippen LogP contribution in [0.2, 0.25) is 0 Å². The maximum Gasteiger partial charge on any atom is 0.474 e. The molecule has 0 aromatic rings. The fourth-order valence-electron chi connectivity index (χ4n) is 9.61. The summed E-state index contributed by atoms with van der Waals surface area (Å²) >= 11 is 0. The Bertz CT molecular complexity index is 2510. The quantitative estimate of drug-likeness (QED) is 0.0448. The van der Waals surface area contributed by atoms with Crippen molar-refractivity contribution in [1.82, 2.24) is 16.0 Å². The van der Waals surface area contributed by atoms with Gasteiger partial charge in [0.05, 0.1) is 31.1 Å². The summed E-state index contributed by atoms with van der Waals surface area (Å²) in [6, 6.07) is -3.99. The van der Waals surface area contributed by atoms with Crippen LogP contribution in [0.5, 0.6) is 0 Å². The first-order valence-corrected chi connectivity index (χ1v) is 26.8. The second-order valence-electron chi connectivity index (χ2n) is 20.1. The molecule has 5 amide bonds. The predicted octanol–water partition coefficient (Wildman–Crippen LogP) is -9.95. The SMILES string of the molecule is CC(=O)N[C@H]1[C@H](O[C@H]2[C@H](O)[C@@H](NC(C)=O)[C@H](O[C@H]3[C@@H](OP(=O)(O)OC[C@@H](O)C(=O)O)O[C@H](C(N)=O)[C@@](C)(O)[C@@H]3OC(N)=O)O[C@@H]2COC2=C(O)[C@@H](O)[C@H](O)[C@@H](CO)O2)O[C@H](C)[C@@H](O[C@@H]2O[C@H](C(=O)NC3=C(O)CCC3O)[C@H](O)[C@H](O)[C@H]2O)[C@@H]1O. The monoisotopic (exact) mass is 1240 g/mol. The normalized spacial score (nSPS) is 41.0. The van der Waals surface area contributed by atoms with Crippen LogP contribution in [0.4, 0.5) is 4.79 Å². The number of aliphatic carboxylic acids is 1. The average Bonchev–Trinajstić information content (AvgIpc) is 2.20. The number of aliphatic hydroxyl groups excluding tert-OH is 12. The van der Waals surface area contributed by atoms with E-state index in [1.165, 1.54) is 6.92 Å². The van der Waals surface area contributed by atoms with Gasteiger partial charge in [0.2, 0.25) is 23.5 Å². The molecule has 40 heteroatoms. The van der Waals surface area contributed by atoms with E-state index in [-0.39, 0.29) is 18.5 Å². The van der Waals surface area contributed by atoms with Crippen LogP contribution < -0.4 is 27.4 Å². The Morgan fingerprint density at radius 3 is 1.90 bits per heavy atom. The van der Waals surface area contributed by atoms with Crippen LogP contribution in [0.3, 0.4) is 0 Å². The Morgan fingerprint density at radius 2 is 1.36 bits per heavy atom. The first kappa shape index (κ1) is 67.8. The minimum atomic E-state index is -5.79. The molecular formula is C44H68N5O34P. The van der Waals surface area contributed by atoms with Gasteiger partial charge < -0.3 is 151 Å². The van der Waals surface area contributed by atoms with Gasteiger partial charge in [0.1, 0.15) is 91.1 Å². The van der Waals surface area contributed by atoms with Crippen LogP contribution in [0.1, 0.15) is 40.5 Å². The van der Waals surface area contributed by atoms with Crippen molar-refractivity contribution in [2.45, 2.75) is 193 Å². The third-order valence-electron chi connectivity index (χ3n) is 13.9. The number of carboxylic acids is 1. The lowest BCUT2D eigenvalue weighted by molar-refractivity contribution is -0.371. The number of carbonyl (C=O) groups is 6. The molecule has 4 saturated heterocycles. The Hall–Kier alpha value is -5.31. The molecule has 2 unspecified atom stereocenters. The Kier molecular flexibility index (Phi) is 22.3. The fourth-order valence-corrected chi connectivity index (χ4v) is 10.4. The zero-order valence-electron chi connectivity index (χ0n) is 44.5. The van der Waals surface area contributed by atoms with Gasteiger partial charge in [0.25, 0.3) is 5.91 Å². The molecule has 0 aromatic heterocycles. The number of carbonyl (C=O) groups excluding carboxylic acids is 5. The number of primary amides is 2. The van der Waals surface area contributed by atoms with Crippen molar-refractivity contribution in [2.75, 3.05) is 19.8 Å². The van der Waals surface area contributed by atoms with E-state index in [2.05, 4.69) is 20.5 Å². The van der Waals surface area contributed by atoms with E-state index in [4.69, 9.17) is 68.5 Å². The molecule has 39 nitrogen and oxygen atoms in total. The third-order valence-corrected chi connectivity index (χ3v) is 14.8. The van der Waals surface area contributed by atoms with Gasteiger partial charge in [0, 0.05) is 20.3 Å². The highest BCUT2D eigenvalue weighted by Gasteiger charge is 2.62. The second-order valence-corrected chi connectivity index (χ2v) is 21.5. The lowest BCUT2D eigenvalue weighted by Gasteiger charge is -2.51. The molecule has 4 fully saturated rings. The summed E-state index contributed by atoms with van der Waals surface area (Å²) in [5.41, 5.74) is 7.52. The number of allylic oxidation sites excluding steroid dienone is 1. The molecule has 5 heterocycles. The van der Waals surface area contributed by atoms with E-state index >= 15 is 0 Å². The van der Waals surface area contributed by atoms with E-state index in [1.54, 1.807) is 0 Å². The van der Waals surface area contributed by atoms with Crippen molar-refractivity contribution in [3.05, 3.63) is 23.2 Å². The fraction of sp³-hybridized carbons (Fsp3) is 0.773. The van der Waals surface area contributed by atoms with E-state index < -0.39 is 234 Å². The number of nitrogens with one attached hydrogen (secondary N) is 3. The molecule has 22 N–H and O–H groups in total. The molecule has 0 saturated carbocycles. The highest BCUT2D eigenvalue weighted by atomic mass is 31.2. The molecule has 6 rings (SSSR count). The van der Waals surface area contributed by atoms with Crippen molar-refractivity contribution in [1.29, 1.82) is 0 Å². The molecule has 6 aliphatic rings. The molecule has 5 aliphatic heterocycles. The topological polar surface area (TPSA) is 622 Å². The van der Waals surface area contributed by atoms with E-state index in [0.717, 1.165) is 20.8 Å². The average molecular weight is 1240 g/mol. The number of rotatable bonds is 22. The van der Waals surface area contributed by atoms with Crippen molar-refractivity contribution >= 4 is 43.5 Å². The number of ether oxygens (including phenoxy) is 10. The number of hydrogen-bond donors (Lipinski definition) is 20. The van der Waals surface area contributed by atoms with E-state index in [1.807, 2.05) is 0 Å². The summed E-state index contributed by atoms with van der Waals surface area (Å²) in [4.78, 5) is 86.2. The number of carboxylic acid groups (broad SMARTS) is 1. The van der Waals surface area contributed by atoms with Gasteiger partial charge in [-0.05, 0) is 20.3 Å². The van der Waals surface area contributed by atoms with Crippen LogP contribution in [-0.2, 0) is 85.0 Å². The van der Waals surface area contributed by atoms with Gasteiger partial charge in [-0.3, -0.25) is 28.2 Å². The second kappa shape index (κ2) is 27.6. The van der Waals surface area contributed by atoms with Crippen LogP contribution in [0.25, 0.3) is 0 Å². The summed E-state index contributed by atoms with van der Waals surface area (Å²) in [7, 11) is -5.79. The van der Waals surface area contributed by atoms with Gasteiger partial charge >= 0.3 is 25.8 Å². The molecule has 0 spiro atoms. The summed E-state index contributed by atoms with van der Waals surface area (Å²) in [6.45, 7) is 0.189. The van der Waals surface area contributed by atoms with E-state index in [9.17, 15) is 105 Å². The third kappa shape index (κ3) is 15.3. The van der Waals surface area contributed by atoms with Crippen molar-refractivity contribution in [3.63, 3.8) is 0 Å². The maximum atomic E-state index is 13.3. The lowest BCUT2D eigenvalue weighted by atomic mass is 9.85. The standard InChI is InChI=1S/C44H68N5O34P/c1-10-29(77-41-28(63)25(60)26(61)31(79-41)36(65)49-18-13(53)5-6-14(18)54)22(57)19(47-11(2)51)38(74-10)78-30-17(9-72-40-27(62)24(59)21(56)16(7-50)75-40)76-39(20(23(30)58)48-12(3)52)80-32-33(82-43(46)68)44(4,69)34(35(45)64)81-42(32)83-84(70,71)73-8-15(55)37(66)67/h10,13,15-17,19-26,28-34,38-39,41-42,50,53-63,69H,5-9H2,1-4H3,(H2,45,64)(H2,46,68)(H,47,51)(H,48,52)(H,49,65)(H,66,67)(H,70,71)/t10-,13?,15-,16-,17-,19-,20-,21-,22-,23-,24+,25+,26-,28-,29-,30-,31+,32-,33-,34-,38+,39+,41-,42-,44+/m1/s1. The highest BCUT2D eigenvalue weighted by Crippen LogP contribution is 2.49. The predicted molar refractivity (Wildman–Crippen MR) is 258 cm³/mol. The van der Waals surface area contributed by atoms with Gasteiger partial charge in [-0.25, -0.2) is 14.2 Å². The van der Waals surface area contributed by atoms with Gasteiger partial charge in [-0.2, -0.15) is 0 Å². The van der Waals surface area contributed by atoms with Crippen LogP contribution in [0.15, 0.2) is 23.2 Å². The minimum absolute atomic E-state index is 0.0182. The van der Waals surface area contributed by atoms with Gasteiger partial charge in [-0.15, -0.1) is 0 Å². The maximum absolute atomic E-state index is 13.3. The number of aliphatic hydroxyl groups is 13. The molecular weight excluding hydrogens is 1170 g/mol. The Morgan fingerprint density at radius 1 is 0.774 bits per heavy atom. The minimum Gasteiger partial charge on any atom is -0.510 e. The van der Waals surface area contributed by atoms with Crippen LogP contribution in [0, 0.1) is 0 Å². The molecule has 84 heavy (non-hydrogen) atoms. The van der Waals surface area contributed by atoms with Crippen LogP contribution >= 0.6 is 7.82 Å². The molecule has 0 bridgehead atoms. The number of amides is 5. The smallest absolute Gasteiger partial charge is 0.474 e. The lowest BCUT2D eigenvalue weighted by Crippen LogP contribution is -2.72. The summed E-state index contributed by atoms with van der Waals surface area (Å²) < 4.78 is 80.3. The van der Waals surface area contributed by atoms with Crippen molar-refractivity contribution in [3.8, 4) is 0 Å². The Labute approximate surface area is 472 Å². The van der Waals surface area contributed by atoms with Crippen molar-refractivity contribution < 1.29 is 166 Å². The van der Waals surface area contributed by atoms with Crippen LogP contribution in [-0.4, -0.2) is 285 Å². The number of phosphoric acid groups is 1. The van der Waals surface area contributed by atoms with Gasteiger partial charge in [0.15, 0.2) is 61.8 Å². The molecule has 1 aliphatic carbocycles.